The highest BCUT2D eigenvalue weighted by atomic mass is 16.7. The lowest BCUT2D eigenvalue weighted by atomic mass is 9.87. The summed E-state index contributed by atoms with van der Waals surface area (Å²) in [6.45, 7) is 1.23. The molecule has 6 heteroatoms. The standard InChI is InChI=1S/C22H27NO5/c1-23-9-8-15-11-19-21(28-13-27-19)22(26-3)20(15)18(23)12-16(24)10-14-4-6-17(25-2)7-5-14/h4-7,11,16,18,24H,8-10,12-13H2,1-3H3/p+1/t16-,18-/m1/s1. The van der Waals surface area contributed by atoms with E-state index in [1.54, 1.807) is 14.2 Å². The van der Waals surface area contributed by atoms with Crippen molar-refractivity contribution >= 4 is 0 Å². The maximum Gasteiger partial charge on any atom is 0.231 e. The first-order valence-corrected chi connectivity index (χ1v) is 9.73. The number of hydrogen-bond acceptors (Lipinski definition) is 5. The zero-order valence-corrected chi connectivity index (χ0v) is 16.7. The van der Waals surface area contributed by atoms with Crippen LogP contribution >= 0.6 is 0 Å². The number of aliphatic hydroxyl groups is 1. The van der Waals surface area contributed by atoms with Gasteiger partial charge in [0.2, 0.25) is 12.5 Å². The molecule has 2 aliphatic heterocycles. The average molecular weight is 386 g/mol. The largest absolute Gasteiger partial charge is 0.497 e. The van der Waals surface area contributed by atoms with Gasteiger partial charge in [-0.25, -0.2) is 0 Å². The third-order valence-corrected chi connectivity index (χ3v) is 5.82. The van der Waals surface area contributed by atoms with Gasteiger partial charge in [0, 0.05) is 12.8 Å². The maximum atomic E-state index is 10.8. The van der Waals surface area contributed by atoms with E-state index in [9.17, 15) is 5.11 Å². The van der Waals surface area contributed by atoms with Crippen molar-refractivity contribution in [3.63, 3.8) is 0 Å². The van der Waals surface area contributed by atoms with Crippen molar-refractivity contribution < 1.29 is 29.0 Å². The molecule has 4 rings (SSSR count). The molecule has 0 saturated carbocycles. The fraction of sp³-hybridized carbons (Fsp3) is 0.455. The van der Waals surface area contributed by atoms with Gasteiger partial charge in [0.1, 0.15) is 11.8 Å². The van der Waals surface area contributed by atoms with Crippen molar-refractivity contribution in [3.8, 4) is 23.0 Å². The summed E-state index contributed by atoms with van der Waals surface area (Å²) < 4.78 is 22.2. The van der Waals surface area contributed by atoms with Crippen LogP contribution in [0.15, 0.2) is 30.3 Å². The van der Waals surface area contributed by atoms with Crippen LogP contribution in [-0.4, -0.2) is 45.8 Å². The molecule has 150 valence electrons. The zero-order chi connectivity index (χ0) is 19.7. The molecule has 1 unspecified atom stereocenters. The molecule has 0 aliphatic carbocycles. The van der Waals surface area contributed by atoms with Gasteiger partial charge in [-0.1, -0.05) is 12.1 Å². The zero-order valence-electron chi connectivity index (χ0n) is 16.7. The van der Waals surface area contributed by atoms with Gasteiger partial charge >= 0.3 is 0 Å². The van der Waals surface area contributed by atoms with Crippen LogP contribution in [0.2, 0.25) is 0 Å². The predicted octanol–water partition coefficient (Wildman–Crippen LogP) is 1.54. The van der Waals surface area contributed by atoms with Crippen LogP contribution in [0.1, 0.15) is 29.2 Å². The van der Waals surface area contributed by atoms with Crippen LogP contribution in [0.3, 0.4) is 0 Å². The first-order valence-electron chi connectivity index (χ1n) is 9.73. The molecule has 0 spiro atoms. The second kappa shape index (κ2) is 7.89. The molecule has 0 fully saturated rings. The van der Waals surface area contributed by atoms with Gasteiger partial charge in [-0.15, -0.1) is 0 Å². The Hall–Kier alpha value is -2.44. The molecule has 0 bridgehead atoms. The molecule has 0 radical (unpaired) electrons. The number of methoxy groups -OCH3 is 2. The van der Waals surface area contributed by atoms with Crippen molar-refractivity contribution in [2.24, 2.45) is 0 Å². The topological polar surface area (TPSA) is 61.6 Å². The molecule has 3 atom stereocenters. The van der Waals surface area contributed by atoms with Crippen LogP contribution in [-0.2, 0) is 12.8 Å². The number of ether oxygens (including phenoxy) is 4. The summed E-state index contributed by atoms with van der Waals surface area (Å²) in [6, 6.07) is 10.1. The minimum atomic E-state index is -0.450. The molecule has 28 heavy (non-hydrogen) atoms. The monoisotopic (exact) mass is 386 g/mol. The summed E-state index contributed by atoms with van der Waals surface area (Å²) in [5, 5.41) is 10.8. The second-order valence-corrected chi connectivity index (χ2v) is 7.56. The minimum absolute atomic E-state index is 0.140. The summed E-state index contributed by atoms with van der Waals surface area (Å²) in [6.07, 6.45) is 1.77. The normalized spacial score (nSPS) is 21.1. The fourth-order valence-corrected chi connectivity index (χ4v) is 4.33. The number of fused-ring (bicyclic) bond motifs is 2. The first kappa shape index (κ1) is 18.9. The van der Waals surface area contributed by atoms with Gasteiger partial charge < -0.3 is 29.0 Å². The SMILES string of the molecule is COc1ccc(C[C@@H](O)C[C@@H]2c3c(cc4c(c3OC)OCO4)CC[NH+]2C)cc1. The number of rotatable bonds is 6. The summed E-state index contributed by atoms with van der Waals surface area (Å²) in [7, 11) is 5.51. The molecule has 0 aromatic heterocycles. The van der Waals surface area contributed by atoms with Gasteiger partial charge in [0.25, 0.3) is 0 Å². The van der Waals surface area contributed by atoms with Crippen molar-refractivity contribution in [1.29, 1.82) is 0 Å². The second-order valence-electron chi connectivity index (χ2n) is 7.56. The first-order chi connectivity index (χ1) is 13.6. The number of aliphatic hydroxyl groups excluding tert-OH is 1. The third kappa shape index (κ3) is 3.50. The lowest BCUT2D eigenvalue weighted by Crippen LogP contribution is -3.10. The van der Waals surface area contributed by atoms with Crippen LogP contribution in [0.25, 0.3) is 0 Å². The van der Waals surface area contributed by atoms with E-state index in [0.29, 0.717) is 18.6 Å². The van der Waals surface area contributed by atoms with Gasteiger partial charge in [-0.05, 0) is 35.7 Å². The highest BCUT2D eigenvalue weighted by molar-refractivity contribution is 5.61. The average Bonchev–Trinajstić information content (AvgIpc) is 3.17. The van der Waals surface area contributed by atoms with Gasteiger partial charge in [-0.3, -0.25) is 0 Å². The number of quaternary nitrogens is 1. The molecule has 0 amide bonds. The molecule has 2 N–H and O–H groups in total. The van der Waals surface area contributed by atoms with Crippen molar-refractivity contribution in [1.82, 2.24) is 0 Å². The molecule has 2 aromatic rings. The van der Waals surface area contributed by atoms with E-state index in [1.807, 2.05) is 24.3 Å². The van der Waals surface area contributed by atoms with Crippen LogP contribution in [0.5, 0.6) is 23.0 Å². The Morgan fingerprint density at radius 3 is 2.68 bits per heavy atom. The molecule has 2 heterocycles. The Morgan fingerprint density at radius 2 is 1.96 bits per heavy atom. The van der Waals surface area contributed by atoms with Crippen molar-refractivity contribution in [2.45, 2.75) is 31.4 Å². The van der Waals surface area contributed by atoms with Gasteiger partial charge in [0.15, 0.2) is 11.5 Å². The lowest BCUT2D eigenvalue weighted by Gasteiger charge is -2.34. The summed E-state index contributed by atoms with van der Waals surface area (Å²) >= 11 is 0. The smallest absolute Gasteiger partial charge is 0.231 e. The molecular weight excluding hydrogens is 358 g/mol. The predicted molar refractivity (Wildman–Crippen MR) is 105 cm³/mol. The van der Waals surface area contributed by atoms with E-state index in [0.717, 1.165) is 41.3 Å². The summed E-state index contributed by atoms with van der Waals surface area (Å²) in [5.41, 5.74) is 3.47. The highest BCUT2D eigenvalue weighted by Gasteiger charge is 2.37. The Bertz CT molecular complexity index is 836. The maximum absolute atomic E-state index is 10.8. The molecule has 0 saturated heterocycles. The van der Waals surface area contributed by atoms with E-state index in [2.05, 4.69) is 13.1 Å². The Morgan fingerprint density at radius 1 is 1.18 bits per heavy atom. The number of nitrogens with one attached hydrogen (secondary N) is 1. The number of likely N-dealkylation sites (N-methyl/N-ethyl adjacent to an activating group) is 1. The summed E-state index contributed by atoms with van der Waals surface area (Å²) in [4.78, 5) is 1.37. The quantitative estimate of drug-likeness (QED) is 0.789. The number of benzene rings is 2. The van der Waals surface area contributed by atoms with E-state index in [-0.39, 0.29) is 12.8 Å². The van der Waals surface area contributed by atoms with E-state index >= 15 is 0 Å². The summed E-state index contributed by atoms with van der Waals surface area (Å²) in [5.74, 6) is 3.02. The Labute approximate surface area is 165 Å². The highest BCUT2D eigenvalue weighted by Crippen LogP contribution is 2.48. The third-order valence-electron chi connectivity index (χ3n) is 5.82. The van der Waals surface area contributed by atoms with E-state index < -0.39 is 6.10 Å². The molecule has 6 nitrogen and oxygen atoms in total. The Kier molecular flexibility index (Phi) is 5.33. The Balaban J connectivity index is 1.58. The van der Waals surface area contributed by atoms with Gasteiger partial charge in [0.05, 0.1) is 39.5 Å². The van der Waals surface area contributed by atoms with E-state index in [1.165, 1.54) is 10.5 Å². The van der Waals surface area contributed by atoms with Crippen LogP contribution in [0.4, 0.5) is 0 Å². The van der Waals surface area contributed by atoms with Crippen molar-refractivity contribution in [2.75, 3.05) is 34.6 Å². The fourth-order valence-electron chi connectivity index (χ4n) is 4.33. The van der Waals surface area contributed by atoms with Crippen LogP contribution < -0.4 is 23.8 Å². The van der Waals surface area contributed by atoms with E-state index in [4.69, 9.17) is 18.9 Å². The minimum Gasteiger partial charge on any atom is -0.497 e. The molecule has 2 aromatic carbocycles. The van der Waals surface area contributed by atoms with Crippen molar-refractivity contribution in [3.05, 3.63) is 47.0 Å². The lowest BCUT2D eigenvalue weighted by molar-refractivity contribution is -0.915. The van der Waals surface area contributed by atoms with Crippen LogP contribution in [0, 0.1) is 0 Å². The molecular formula is C22H28NO5+. The van der Waals surface area contributed by atoms with Gasteiger partial charge in [-0.2, -0.15) is 0 Å². The molecule has 2 aliphatic rings. The number of hydrogen-bond donors (Lipinski definition) is 2.